The van der Waals surface area contributed by atoms with Gasteiger partial charge in [0.25, 0.3) is 0 Å². The minimum atomic E-state index is 0.704. The normalized spacial score (nSPS) is 11.7. The third-order valence-electron chi connectivity index (χ3n) is 6.09. The number of H-pyrrole nitrogens is 2. The molecule has 35 heavy (non-hydrogen) atoms. The van der Waals surface area contributed by atoms with Crippen molar-refractivity contribution in [3.05, 3.63) is 71.9 Å². The van der Waals surface area contributed by atoms with E-state index in [9.17, 15) is 0 Å². The van der Waals surface area contributed by atoms with Crippen molar-refractivity contribution in [1.82, 2.24) is 35.0 Å². The predicted octanol–water partition coefficient (Wildman–Crippen LogP) is 5.79. The van der Waals surface area contributed by atoms with Gasteiger partial charge in [-0.1, -0.05) is 18.2 Å². The van der Waals surface area contributed by atoms with Gasteiger partial charge in [-0.15, -0.1) is 11.3 Å². The number of nitrogens with one attached hydrogen (secondary N) is 2. The molecule has 174 valence electrons. The maximum Gasteiger partial charge on any atom is 0.161 e. The molecule has 0 atom stereocenters. The maximum absolute atomic E-state index is 4.97. The Morgan fingerprint density at radius 2 is 1.89 bits per heavy atom. The van der Waals surface area contributed by atoms with Gasteiger partial charge < -0.3 is 9.88 Å². The van der Waals surface area contributed by atoms with Crippen LogP contribution in [-0.2, 0) is 6.42 Å². The number of thiophene rings is 1. The van der Waals surface area contributed by atoms with Gasteiger partial charge in [-0.05, 0) is 74.8 Å². The number of rotatable bonds is 7. The van der Waals surface area contributed by atoms with E-state index >= 15 is 0 Å². The van der Waals surface area contributed by atoms with Crippen LogP contribution in [0.3, 0.4) is 0 Å². The van der Waals surface area contributed by atoms with E-state index in [1.807, 2.05) is 30.6 Å². The molecule has 0 amide bonds. The Balaban J connectivity index is 1.38. The van der Waals surface area contributed by atoms with Crippen molar-refractivity contribution < 1.29 is 0 Å². The van der Waals surface area contributed by atoms with Gasteiger partial charge in [0.1, 0.15) is 5.52 Å². The maximum atomic E-state index is 4.97. The van der Waals surface area contributed by atoms with Crippen LogP contribution in [0.2, 0.25) is 0 Å². The fraction of sp³-hybridized carbons (Fsp3) is 0.185. The second-order valence-corrected chi connectivity index (χ2v) is 9.87. The predicted molar refractivity (Wildman–Crippen MR) is 142 cm³/mol. The molecule has 6 aromatic rings. The first-order valence-electron chi connectivity index (χ1n) is 11.6. The van der Waals surface area contributed by atoms with Crippen LogP contribution in [0.25, 0.3) is 55.3 Å². The van der Waals surface area contributed by atoms with Gasteiger partial charge in [0.2, 0.25) is 0 Å². The molecule has 0 aliphatic carbocycles. The number of fused-ring (bicyclic) bond motifs is 2. The highest BCUT2D eigenvalue weighted by Gasteiger charge is 2.17. The smallest absolute Gasteiger partial charge is 0.161 e. The number of aromatic amines is 2. The second-order valence-electron chi connectivity index (χ2n) is 8.92. The highest BCUT2D eigenvalue weighted by atomic mass is 32.1. The highest BCUT2D eigenvalue weighted by Crippen LogP contribution is 2.33. The zero-order chi connectivity index (χ0) is 23.8. The van der Waals surface area contributed by atoms with Crippen LogP contribution < -0.4 is 0 Å². The average Bonchev–Trinajstić information content (AvgIpc) is 3.62. The summed E-state index contributed by atoms with van der Waals surface area (Å²) in [5.41, 5.74) is 8.51. The van der Waals surface area contributed by atoms with E-state index < -0.39 is 0 Å². The van der Waals surface area contributed by atoms with Gasteiger partial charge in [0.15, 0.2) is 11.5 Å². The molecule has 1 aromatic carbocycles. The van der Waals surface area contributed by atoms with Crippen LogP contribution in [0, 0.1) is 0 Å². The molecular weight excluding hydrogens is 454 g/mol. The Bertz CT molecular complexity index is 1610. The molecule has 2 N–H and O–H groups in total. The summed E-state index contributed by atoms with van der Waals surface area (Å²) >= 11 is 1.71. The van der Waals surface area contributed by atoms with E-state index in [4.69, 9.17) is 9.97 Å². The third kappa shape index (κ3) is 4.22. The van der Waals surface area contributed by atoms with Crippen LogP contribution in [0.1, 0.15) is 12.0 Å². The summed E-state index contributed by atoms with van der Waals surface area (Å²) in [5, 5.41) is 9.76. The van der Waals surface area contributed by atoms with Crippen molar-refractivity contribution in [1.29, 1.82) is 0 Å². The average molecular weight is 480 g/mol. The Kier molecular flexibility index (Phi) is 5.60. The van der Waals surface area contributed by atoms with Crippen molar-refractivity contribution in [2.24, 2.45) is 0 Å². The standard InChI is InChI=1S/C27H25N7S/c1-34(2)12-4-6-17-14-18(16-28-15-17)20-10-11-22-25(29-20)26(33-32-22)27-30-21-8-3-7-19(24(21)31-27)23-9-5-13-35-23/h3,5,7-11,13-16H,4,6,12H2,1-2H3,(H,30,31)(H,32,33). The van der Waals surface area contributed by atoms with E-state index in [1.165, 1.54) is 10.4 Å². The number of benzene rings is 1. The van der Waals surface area contributed by atoms with Crippen LogP contribution in [0.15, 0.2) is 66.3 Å². The topological polar surface area (TPSA) is 86.4 Å². The number of aryl methyl sites for hydroxylation is 1. The molecule has 0 spiro atoms. The summed E-state index contributed by atoms with van der Waals surface area (Å²) in [6.07, 6.45) is 5.90. The number of aromatic nitrogens is 6. The van der Waals surface area contributed by atoms with Crippen LogP contribution >= 0.6 is 11.3 Å². The van der Waals surface area contributed by atoms with E-state index in [0.717, 1.165) is 58.3 Å². The zero-order valence-electron chi connectivity index (χ0n) is 19.6. The fourth-order valence-electron chi connectivity index (χ4n) is 4.36. The molecule has 0 saturated heterocycles. The van der Waals surface area contributed by atoms with Crippen molar-refractivity contribution in [2.45, 2.75) is 12.8 Å². The number of nitrogens with zero attached hydrogens (tertiary/aromatic N) is 5. The molecule has 0 bridgehead atoms. The van der Waals surface area contributed by atoms with E-state index in [1.54, 1.807) is 11.3 Å². The molecule has 7 nitrogen and oxygen atoms in total. The largest absolute Gasteiger partial charge is 0.336 e. The summed E-state index contributed by atoms with van der Waals surface area (Å²) in [7, 11) is 4.20. The molecule has 0 aliphatic rings. The summed E-state index contributed by atoms with van der Waals surface area (Å²) in [6.45, 7) is 1.05. The summed E-state index contributed by atoms with van der Waals surface area (Å²) in [5.74, 6) is 0.704. The molecule has 5 aromatic heterocycles. The fourth-order valence-corrected chi connectivity index (χ4v) is 5.12. The number of imidazole rings is 1. The quantitative estimate of drug-likeness (QED) is 0.303. The molecule has 0 saturated carbocycles. The summed E-state index contributed by atoms with van der Waals surface area (Å²) in [4.78, 5) is 21.2. The molecule has 0 radical (unpaired) electrons. The molecule has 8 heteroatoms. The van der Waals surface area contributed by atoms with Gasteiger partial charge in [-0.3, -0.25) is 10.1 Å². The number of hydrogen-bond acceptors (Lipinski definition) is 6. The first-order chi connectivity index (χ1) is 17.2. The van der Waals surface area contributed by atoms with Gasteiger partial charge >= 0.3 is 0 Å². The highest BCUT2D eigenvalue weighted by molar-refractivity contribution is 7.13. The van der Waals surface area contributed by atoms with Crippen molar-refractivity contribution in [3.8, 4) is 33.2 Å². The lowest BCUT2D eigenvalue weighted by molar-refractivity contribution is 0.400. The van der Waals surface area contributed by atoms with Gasteiger partial charge in [-0.2, -0.15) is 5.10 Å². The van der Waals surface area contributed by atoms with Gasteiger partial charge in [0.05, 0.1) is 22.2 Å². The van der Waals surface area contributed by atoms with Gasteiger partial charge in [0, 0.05) is 28.4 Å². The monoisotopic (exact) mass is 479 g/mol. The summed E-state index contributed by atoms with van der Waals surface area (Å²) in [6, 6.07) is 16.6. The van der Waals surface area contributed by atoms with Gasteiger partial charge in [-0.25, -0.2) is 9.97 Å². The lowest BCUT2D eigenvalue weighted by atomic mass is 10.1. The molecule has 5 heterocycles. The Labute approximate surface area is 206 Å². The molecule has 6 rings (SSSR count). The van der Waals surface area contributed by atoms with E-state index in [2.05, 4.69) is 74.9 Å². The lowest BCUT2D eigenvalue weighted by Gasteiger charge is -2.09. The summed E-state index contributed by atoms with van der Waals surface area (Å²) < 4.78 is 0. The van der Waals surface area contributed by atoms with Crippen LogP contribution in [0.4, 0.5) is 0 Å². The lowest BCUT2D eigenvalue weighted by Crippen LogP contribution is -2.13. The molecular formula is C27H25N7S. The SMILES string of the molecule is CN(C)CCCc1cncc(-c2ccc3[nH]nc(-c4nc5c(-c6cccs6)cccc5[nH]4)c3n2)c1. The number of pyridine rings is 2. The van der Waals surface area contributed by atoms with E-state index in [-0.39, 0.29) is 0 Å². The van der Waals surface area contributed by atoms with Crippen molar-refractivity contribution in [3.63, 3.8) is 0 Å². The molecule has 0 unspecified atom stereocenters. The minimum absolute atomic E-state index is 0.704. The van der Waals surface area contributed by atoms with E-state index in [0.29, 0.717) is 11.5 Å². The number of para-hydroxylation sites is 1. The van der Waals surface area contributed by atoms with Crippen molar-refractivity contribution in [2.75, 3.05) is 20.6 Å². The zero-order valence-corrected chi connectivity index (χ0v) is 20.4. The van der Waals surface area contributed by atoms with Crippen molar-refractivity contribution >= 4 is 33.4 Å². The minimum Gasteiger partial charge on any atom is -0.336 e. The number of hydrogen-bond donors (Lipinski definition) is 2. The van der Waals surface area contributed by atoms with Crippen LogP contribution in [0.5, 0.6) is 0 Å². The second kappa shape index (κ2) is 9.05. The van der Waals surface area contributed by atoms with Crippen LogP contribution in [-0.4, -0.2) is 55.7 Å². The Morgan fingerprint density at radius 1 is 0.943 bits per heavy atom. The Hall–Kier alpha value is -3.88. The molecule has 0 aliphatic heterocycles. The molecule has 0 fully saturated rings. The first kappa shape index (κ1) is 21.6. The third-order valence-corrected chi connectivity index (χ3v) is 7.00. The Morgan fingerprint density at radius 3 is 2.74 bits per heavy atom. The first-order valence-corrected chi connectivity index (χ1v) is 12.5.